The largest absolute Gasteiger partial charge is 0.0810 e. The number of allylic oxidation sites excluding steroid dienone is 2. The van der Waals surface area contributed by atoms with Crippen LogP contribution in [0.1, 0.15) is 45.1 Å². The Morgan fingerprint density at radius 3 is 2.50 bits per heavy atom. The molecule has 0 fully saturated rings. The monoisotopic (exact) mass is 188 g/mol. The molecule has 0 N–H and O–H groups in total. The van der Waals surface area contributed by atoms with Gasteiger partial charge >= 0.3 is 0 Å². The maximum Gasteiger partial charge on any atom is -0.0231 e. The summed E-state index contributed by atoms with van der Waals surface area (Å²) in [5.41, 5.74) is 2.76. The Balaban J connectivity index is 2.44. The lowest BCUT2D eigenvalue weighted by atomic mass is 10.1. The van der Waals surface area contributed by atoms with Crippen molar-refractivity contribution in [2.24, 2.45) is 0 Å². The topological polar surface area (TPSA) is 0 Å². The summed E-state index contributed by atoms with van der Waals surface area (Å²) in [4.78, 5) is 0. The fraction of sp³-hybridized carbons (Fsp3) is 0.429. The third kappa shape index (κ3) is 3.78. The van der Waals surface area contributed by atoms with Crippen LogP contribution in [-0.2, 0) is 0 Å². The highest BCUT2D eigenvalue weighted by Gasteiger charge is 1.92. The minimum Gasteiger partial charge on any atom is -0.0810 e. The molecule has 0 aliphatic rings. The van der Waals surface area contributed by atoms with Gasteiger partial charge in [0.2, 0.25) is 0 Å². The van der Waals surface area contributed by atoms with E-state index in [0.29, 0.717) is 0 Å². The van der Waals surface area contributed by atoms with E-state index in [2.05, 4.69) is 50.3 Å². The maximum absolute atomic E-state index is 2.35. The lowest BCUT2D eigenvalue weighted by Gasteiger charge is -2.00. The SMILES string of the molecule is CCCCC/C=C(\C)c1ccccc1. The minimum absolute atomic E-state index is 1.22. The van der Waals surface area contributed by atoms with Crippen LogP contribution in [0, 0.1) is 0 Å². The second kappa shape index (κ2) is 6.42. The molecule has 0 amide bonds. The summed E-state index contributed by atoms with van der Waals surface area (Å²) in [7, 11) is 0. The van der Waals surface area contributed by atoms with Crippen molar-refractivity contribution in [2.75, 3.05) is 0 Å². The van der Waals surface area contributed by atoms with Gasteiger partial charge in [0.05, 0.1) is 0 Å². The molecule has 0 atom stereocenters. The van der Waals surface area contributed by atoms with Crippen molar-refractivity contribution in [1.82, 2.24) is 0 Å². The van der Waals surface area contributed by atoms with Crippen LogP contribution in [0.15, 0.2) is 36.4 Å². The van der Waals surface area contributed by atoms with Crippen molar-refractivity contribution < 1.29 is 0 Å². The molecule has 0 nitrogen and oxygen atoms in total. The van der Waals surface area contributed by atoms with E-state index in [1.165, 1.54) is 36.8 Å². The maximum atomic E-state index is 2.35. The number of unbranched alkanes of at least 4 members (excludes halogenated alkanes) is 3. The molecular weight excluding hydrogens is 168 g/mol. The van der Waals surface area contributed by atoms with Crippen LogP contribution in [0.3, 0.4) is 0 Å². The normalized spacial score (nSPS) is 11.7. The molecule has 0 heterocycles. The predicted molar refractivity (Wildman–Crippen MR) is 64.2 cm³/mol. The first kappa shape index (κ1) is 11.0. The second-order valence-corrected chi connectivity index (χ2v) is 3.75. The molecule has 0 spiro atoms. The van der Waals surface area contributed by atoms with Gasteiger partial charge in [0.25, 0.3) is 0 Å². The fourth-order valence-corrected chi connectivity index (χ4v) is 1.53. The van der Waals surface area contributed by atoms with E-state index < -0.39 is 0 Å². The van der Waals surface area contributed by atoms with Crippen LogP contribution in [-0.4, -0.2) is 0 Å². The number of hydrogen-bond acceptors (Lipinski definition) is 0. The lowest BCUT2D eigenvalue weighted by molar-refractivity contribution is 0.729. The van der Waals surface area contributed by atoms with Gasteiger partial charge in [-0.25, -0.2) is 0 Å². The summed E-state index contributed by atoms with van der Waals surface area (Å²) in [6.07, 6.45) is 7.54. The molecular formula is C14H20. The second-order valence-electron chi connectivity index (χ2n) is 3.75. The van der Waals surface area contributed by atoms with Crippen LogP contribution < -0.4 is 0 Å². The van der Waals surface area contributed by atoms with Gasteiger partial charge in [0.1, 0.15) is 0 Å². The highest BCUT2D eigenvalue weighted by molar-refractivity contribution is 5.63. The average molecular weight is 188 g/mol. The first-order chi connectivity index (χ1) is 6.84. The molecule has 0 saturated heterocycles. The average Bonchev–Trinajstić information content (AvgIpc) is 2.25. The molecule has 0 aromatic heterocycles. The van der Waals surface area contributed by atoms with Crippen molar-refractivity contribution in [2.45, 2.75) is 39.5 Å². The third-order valence-corrected chi connectivity index (χ3v) is 2.49. The van der Waals surface area contributed by atoms with Crippen molar-refractivity contribution in [3.05, 3.63) is 42.0 Å². The number of hydrogen-bond donors (Lipinski definition) is 0. The van der Waals surface area contributed by atoms with Crippen molar-refractivity contribution in [3.8, 4) is 0 Å². The van der Waals surface area contributed by atoms with Crippen LogP contribution in [0.4, 0.5) is 0 Å². The molecule has 0 saturated carbocycles. The van der Waals surface area contributed by atoms with Gasteiger partial charge < -0.3 is 0 Å². The molecule has 14 heavy (non-hydrogen) atoms. The number of benzene rings is 1. The molecule has 1 aromatic carbocycles. The van der Waals surface area contributed by atoms with E-state index in [1.807, 2.05) is 0 Å². The molecule has 76 valence electrons. The Morgan fingerprint density at radius 2 is 1.86 bits per heavy atom. The van der Waals surface area contributed by atoms with Gasteiger partial charge in [-0.2, -0.15) is 0 Å². The summed E-state index contributed by atoms with van der Waals surface area (Å²) in [5.74, 6) is 0. The van der Waals surface area contributed by atoms with Gasteiger partial charge in [-0.1, -0.05) is 56.2 Å². The van der Waals surface area contributed by atoms with Crippen LogP contribution in [0.25, 0.3) is 5.57 Å². The van der Waals surface area contributed by atoms with E-state index in [0.717, 1.165) is 0 Å². The quantitative estimate of drug-likeness (QED) is 0.589. The van der Waals surface area contributed by atoms with Crippen molar-refractivity contribution >= 4 is 5.57 Å². The van der Waals surface area contributed by atoms with Crippen molar-refractivity contribution in [1.29, 1.82) is 0 Å². The van der Waals surface area contributed by atoms with Crippen LogP contribution in [0.2, 0.25) is 0 Å². The standard InChI is InChI=1S/C14H20/c1-3-4-5-7-10-13(2)14-11-8-6-9-12-14/h6,8-12H,3-5,7H2,1-2H3/b13-10+. The van der Waals surface area contributed by atoms with E-state index >= 15 is 0 Å². The molecule has 1 rings (SSSR count). The zero-order chi connectivity index (χ0) is 10.2. The summed E-state index contributed by atoms with van der Waals surface area (Å²) in [6, 6.07) is 10.6. The van der Waals surface area contributed by atoms with E-state index in [1.54, 1.807) is 0 Å². The van der Waals surface area contributed by atoms with Crippen molar-refractivity contribution in [3.63, 3.8) is 0 Å². The Kier molecular flexibility index (Phi) is 5.06. The molecule has 0 aliphatic carbocycles. The molecule has 0 radical (unpaired) electrons. The minimum atomic E-state index is 1.22. The van der Waals surface area contributed by atoms with Gasteiger partial charge in [-0.3, -0.25) is 0 Å². The Hall–Kier alpha value is -1.04. The summed E-state index contributed by atoms with van der Waals surface area (Å²) < 4.78 is 0. The molecule has 0 heteroatoms. The van der Waals surface area contributed by atoms with Crippen LogP contribution in [0.5, 0.6) is 0 Å². The molecule has 0 aliphatic heterocycles. The zero-order valence-electron chi connectivity index (χ0n) is 9.29. The summed E-state index contributed by atoms with van der Waals surface area (Å²) >= 11 is 0. The van der Waals surface area contributed by atoms with Gasteiger partial charge in [-0.05, 0) is 30.9 Å². The Bertz CT molecular complexity index is 269. The zero-order valence-corrected chi connectivity index (χ0v) is 9.29. The first-order valence-electron chi connectivity index (χ1n) is 5.56. The third-order valence-electron chi connectivity index (χ3n) is 2.49. The number of rotatable bonds is 5. The van der Waals surface area contributed by atoms with E-state index in [9.17, 15) is 0 Å². The van der Waals surface area contributed by atoms with Crippen LogP contribution >= 0.6 is 0 Å². The Labute approximate surface area is 87.7 Å². The van der Waals surface area contributed by atoms with Gasteiger partial charge in [-0.15, -0.1) is 0 Å². The predicted octanol–water partition coefficient (Wildman–Crippen LogP) is 4.67. The first-order valence-corrected chi connectivity index (χ1v) is 5.56. The van der Waals surface area contributed by atoms with Gasteiger partial charge in [0.15, 0.2) is 0 Å². The Morgan fingerprint density at radius 1 is 1.14 bits per heavy atom. The molecule has 0 unspecified atom stereocenters. The fourth-order valence-electron chi connectivity index (χ4n) is 1.53. The molecule has 0 bridgehead atoms. The molecule has 1 aromatic rings. The summed E-state index contributed by atoms with van der Waals surface area (Å²) in [6.45, 7) is 4.44. The summed E-state index contributed by atoms with van der Waals surface area (Å²) in [5, 5.41) is 0. The van der Waals surface area contributed by atoms with Gasteiger partial charge in [0, 0.05) is 0 Å². The lowest BCUT2D eigenvalue weighted by Crippen LogP contribution is -1.79. The highest BCUT2D eigenvalue weighted by atomic mass is 14.0. The van der Waals surface area contributed by atoms with E-state index in [-0.39, 0.29) is 0 Å². The highest BCUT2D eigenvalue weighted by Crippen LogP contribution is 2.14. The van der Waals surface area contributed by atoms with E-state index in [4.69, 9.17) is 0 Å². The smallest absolute Gasteiger partial charge is 0.0231 e.